The van der Waals surface area contributed by atoms with Gasteiger partial charge in [0.25, 0.3) is 0 Å². The molecule has 0 aromatic carbocycles. The summed E-state index contributed by atoms with van der Waals surface area (Å²) >= 11 is 0. The Kier molecular flexibility index (Phi) is 0.981. The Morgan fingerprint density at radius 3 is 3.11 bits per heavy atom. The van der Waals surface area contributed by atoms with Crippen molar-refractivity contribution in [3.63, 3.8) is 0 Å². The van der Waals surface area contributed by atoms with Gasteiger partial charge in [0.1, 0.15) is 0 Å². The van der Waals surface area contributed by atoms with Gasteiger partial charge in [0.2, 0.25) is 0 Å². The summed E-state index contributed by atoms with van der Waals surface area (Å²) in [5, 5.41) is 0. The summed E-state index contributed by atoms with van der Waals surface area (Å²) in [6, 6.07) is 0. The van der Waals surface area contributed by atoms with Crippen LogP contribution in [0, 0.1) is 11.8 Å². The van der Waals surface area contributed by atoms with Crippen molar-refractivity contribution >= 4 is 5.78 Å². The van der Waals surface area contributed by atoms with Gasteiger partial charge in [0.05, 0.1) is 0 Å². The topological polar surface area (TPSA) is 17.1 Å². The van der Waals surface area contributed by atoms with Crippen molar-refractivity contribution in [3.05, 3.63) is 12.2 Å². The Hall–Kier alpha value is -0.590. The molecule has 0 heterocycles. The van der Waals surface area contributed by atoms with E-state index in [0.717, 1.165) is 18.8 Å². The third kappa shape index (κ3) is 0.716. The van der Waals surface area contributed by atoms with Gasteiger partial charge in [-0.1, -0.05) is 6.08 Å². The number of hydrogen-bond donors (Lipinski definition) is 0. The van der Waals surface area contributed by atoms with E-state index < -0.39 is 0 Å². The minimum atomic E-state index is 0.365. The van der Waals surface area contributed by atoms with Crippen LogP contribution in [0.5, 0.6) is 0 Å². The van der Waals surface area contributed by atoms with Gasteiger partial charge in [-0.2, -0.15) is 0 Å². The second-order valence-electron chi connectivity index (χ2n) is 3.03. The number of allylic oxidation sites excluding steroid dienone is 2. The van der Waals surface area contributed by atoms with E-state index in [0.29, 0.717) is 11.7 Å². The monoisotopic (exact) mass is 122 g/mol. The normalized spacial score (nSPS) is 39.8. The minimum absolute atomic E-state index is 0.365. The summed E-state index contributed by atoms with van der Waals surface area (Å²) in [4.78, 5) is 11.0. The van der Waals surface area contributed by atoms with Crippen molar-refractivity contribution in [2.45, 2.75) is 19.3 Å². The van der Waals surface area contributed by atoms with Gasteiger partial charge in [-0.3, -0.25) is 4.79 Å². The average Bonchev–Trinajstić information content (AvgIpc) is 2.25. The van der Waals surface area contributed by atoms with Gasteiger partial charge in [0, 0.05) is 5.92 Å². The van der Waals surface area contributed by atoms with E-state index in [1.165, 1.54) is 6.42 Å². The molecule has 1 saturated carbocycles. The molecule has 2 rings (SSSR count). The van der Waals surface area contributed by atoms with Gasteiger partial charge in [-0.05, 0) is 31.3 Å². The average molecular weight is 122 g/mol. The number of hydrogen-bond acceptors (Lipinski definition) is 1. The maximum Gasteiger partial charge on any atom is 0.158 e. The molecular formula is C8H10O. The molecule has 2 aliphatic carbocycles. The third-order valence-electron chi connectivity index (χ3n) is 2.41. The molecule has 0 N–H and O–H groups in total. The highest BCUT2D eigenvalue weighted by molar-refractivity contribution is 5.92. The van der Waals surface area contributed by atoms with Crippen LogP contribution in [0.4, 0.5) is 0 Å². The first-order valence-electron chi connectivity index (χ1n) is 3.58. The lowest BCUT2D eigenvalue weighted by atomic mass is 9.95. The highest BCUT2D eigenvalue weighted by Crippen LogP contribution is 2.35. The molecule has 1 nitrogen and oxygen atoms in total. The summed E-state index contributed by atoms with van der Waals surface area (Å²) < 4.78 is 0. The van der Waals surface area contributed by atoms with Crippen LogP contribution in [0.1, 0.15) is 19.3 Å². The highest BCUT2D eigenvalue weighted by Gasteiger charge is 2.30. The van der Waals surface area contributed by atoms with E-state index in [1.807, 2.05) is 0 Å². The lowest BCUT2D eigenvalue weighted by Gasteiger charge is -2.09. The van der Waals surface area contributed by atoms with Crippen LogP contribution in [0.25, 0.3) is 0 Å². The van der Waals surface area contributed by atoms with Crippen molar-refractivity contribution in [1.29, 1.82) is 0 Å². The van der Waals surface area contributed by atoms with E-state index >= 15 is 0 Å². The van der Waals surface area contributed by atoms with Crippen molar-refractivity contribution < 1.29 is 4.79 Å². The summed E-state index contributed by atoms with van der Waals surface area (Å²) in [7, 11) is 0. The number of ketones is 1. The molecule has 0 aromatic heterocycles. The first-order chi connectivity index (χ1) is 4.36. The zero-order valence-corrected chi connectivity index (χ0v) is 5.34. The van der Waals surface area contributed by atoms with Gasteiger partial charge >= 0.3 is 0 Å². The Labute approximate surface area is 54.8 Å². The SMILES string of the molecule is O=C1C=C[C@@H]2CC[C@@H]1C2. The van der Waals surface area contributed by atoms with E-state index in [2.05, 4.69) is 6.08 Å². The third-order valence-corrected chi connectivity index (χ3v) is 2.41. The number of fused-ring (bicyclic) bond motifs is 2. The molecule has 0 saturated heterocycles. The van der Waals surface area contributed by atoms with Crippen LogP contribution in [0.2, 0.25) is 0 Å². The number of carbonyl (C=O) groups excluding carboxylic acids is 1. The predicted molar refractivity (Wildman–Crippen MR) is 35.0 cm³/mol. The largest absolute Gasteiger partial charge is 0.295 e. The Morgan fingerprint density at radius 1 is 1.44 bits per heavy atom. The number of rotatable bonds is 0. The molecule has 0 amide bonds. The smallest absolute Gasteiger partial charge is 0.158 e. The molecule has 0 unspecified atom stereocenters. The fraction of sp³-hybridized carbons (Fsp3) is 0.625. The highest BCUT2D eigenvalue weighted by atomic mass is 16.1. The minimum Gasteiger partial charge on any atom is -0.295 e. The lowest BCUT2D eigenvalue weighted by Crippen LogP contribution is -2.11. The molecule has 9 heavy (non-hydrogen) atoms. The fourth-order valence-electron chi connectivity index (χ4n) is 1.82. The summed E-state index contributed by atoms with van der Waals surface area (Å²) in [6.07, 6.45) is 7.36. The van der Waals surface area contributed by atoms with Crippen LogP contribution < -0.4 is 0 Å². The zero-order valence-electron chi connectivity index (χ0n) is 5.34. The van der Waals surface area contributed by atoms with Crippen molar-refractivity contribution in [2.24, 2.45) is 11.8 Å². The maximum absolute atomic E-state index is 11.0. The van der Waals surface area contributed by atoms with E-state index in [4.69, 9.17) is 0 Å². The first-order valence-corrected chi connectivity index (χ1v) is 3.58. The molecule has 1 heteroatoms. The van der Waals surface area contributed by atoms with Crippen molar-refractivity contribution in [1.82, 2.24) is 0 Å². The van der Waals surface area contributed by atoms with Crippen molar-refractivity contribution in [2.75, 3.05) is 0 Å². The molecule has 0 spiro atoms. The van der Waals surface area contributed by atoms with Gasteiger partial charge < -0.3 is 0 Å². The van der Waals surface area contributed by atoms with Crippen LogP contribution in [0.3, 0.4) is 0 Å². The molecule has 2 atom stereocenters. The van der Waals surface area contributed by atoms with Gasteiger partial charge in [0.15, 0.2) is 5.78 Å². The molecule has 2 aliphatic rings. The summed E-state index contributed by atoms with van der Waals surface area (Å²) in [5.41, 5.74) is 0. The molecule has 0 radical (unpaired) electrons. The quantitative estimate of drug-likeness (QED) is 0.476. The van der Waals surface area contributed by atoms with Crippen LogP contribution in [-0.4, -0.2) is 5.78 Å². The number of carbonyl (C=O) groups is 1. The van der Waals surface area contributed by atoms with Gasteiger partial charge in [-0.25, -0.2) is 0 Å². The predicted octanol–water partition coefficient (Wildman–Crippen LogP) is 1.54. The Morgan fingerprint density at radius 2 is 2.33 bits per heavy atom. The van der Waals surface area contributed by atoms with E-state index in [9.17, 15) is 4.79 Å². The molecule has 0 aliphatic heterocycles. The second kappa shape index (κ2) is 1.69. The van der Waals surface area contributed by atoms with Crippen molar-refractivity contribution in [3.8, 4) is 0 Å². The fourth-order valence-corrected chi connectivity index (χ4v) is 1.82. The van der Waals surface area contributed by atoms with E-state index in [-0.39, 0.29) is 0 Å². The van der Waals surface area contributed by atoms with E-state index in [1.54, 1.807) is 6.08 Å². The molecule has 0 aromatic rings. The zero-order chi connectivity index (χ0) is 6.27. The second-order valence-corrected chi connectivity index (χ2v) is 3.03. The van der Waals surface area contributed by atoms with Crippen LogP contribution in [0.15, 0.2) is 12.2 Å². The Bertz CT molecular complexity index is 169. The van der Waals surface area contributed by atoms with Crippen LogP contribution >= 0.6 is 0 Å². The Balaban J connectivity index is 2.29. The molecule has 2 bridgehead atoms. The molecular weight excluding hydrogens is 112 g/mol. The lowest BCUT2D eigenvalue weighted by molar-refractivity contribution is -0.118. The van der Waals surface area contributed by atoms with Crippen LogP contribution in [-0.2, 0) is 4.79 Å². The van der Waals surface area contributed by atoms with Gasteiger partial charge in [-0.15, -0.1) is 0 Å². The summed E-state index contributed by atoms with van der Waals surface area (Å²) in [6.45, 7) is 0. The first kappa shape index (κ1) is 5.21. The molecule has 1 fully saturated rings. The standard InChI is InChI=1S/C8H10O/c9-8-4-2-6-1-3-7(8)5-6/h2,4,6-7H,1,3,5H2/t6-,7+/m0/s1. The summed E-state index contributed by atoms with van der Waals surface area (Å²) in [5.74, 6) is 1.51. The maximum atomic E-state index is 11.0. The molecule has 48 valence electrons.